The molecule has 0 radical (unpaired) electrons. The van der Waals surface area contributed by atoms with E-state index >= 15 is 0 Å². The van der Waals surface area contributed by atoms with Crippen LogP contribution in [-0.4, -0.2) is 14.6 Å². The monoisotopic (exact) mass is 281 g/mol. The average Bonchev–Trinajstić information content (AvgIpc) is 2.93. The van der Waals surface area contributed by atoms with Gasteiger partial charge in [-0.25, -0.2) is 9.50 Å². The normalized spacial score (nSPS) is 11.2. The minimum absolute atomic E-state index is 0.387. The first kappa shape index (κ1) is 13.6. The summed E-state index contributed by atoms with van der Waals surface area (Å²) in [5, 5.41) is 7.91. The molecule has 0 unspecified atom stereocenters. The highest BCUT2D eigenvalue weighted by Crippen LogP contribution is 2.23. The Hall–Kier alpha value is -2.40. The number of benzene rings is 1. The van der Waals surface area contributed by atoms with Gasteiger partial charge in [0.2, 0.25) is 0 Å². The van der Waals surface area contributed by atoms with Crippen molar-refractivity contribution in [1.82, 2.24) is 14.6 Å². The first-order chi connectivity index (χ1) is 10.2. The molecule has 0 aliphatic heterocycles. The molecule has 1 aromatic carbocycles. The van der Waals surface area contributed by atoms with E-state index in [1.165, 1.54) is 0 Å². The Labute approximate surface area is 123 Å². The molecule has 0 bridgehead atoms. The Morgan fingerprint density at radius 3 is 2.90 bits per heavy atom. The van der Waals surface area contributed by atoms with E-state index < -0.39 is 0 Å². The van der Waals surface area contributed by atoms with Crippen molar-refractivity contribution in [2.45, 2.75) is 26.3 Å². The van der Waals surface area contributed by atoms with Gasteiger partial charge in [0.05, 0.1) is 5.69 Å². The number of nitrogens with two attached hydrogens (primary N) is 1. The van der Waals surface area contributed by atoms with E-state index in [4.69, 9.17) is 5.73 Å². The number of hydrogen-bond acceptors (Lipinski definition) is 4. The van der Waals surface area contributed by atoms with Gasteiger partial charge in [0, 0.05) is 24.6 Å². The molecule has 0 aliphatic rings. The Kier molecular flexibility index (Phi) is 3.58. The van der Waals surface area contributed by atoms with Crippen molar-refractivity contribution in [2.24, 2.45) is 5.73 Å². The van der Waals surface area contributed by atoms with Crippen molar-refractivity contribution in [3.63, 3.8) is 0 Å². The lowest BCUT2D eigenvalue weighted by Gasteiger charge is -2.08. The highest BCUT2D eigenvalue weighted by Gasteiger charge is 2.10. The maximum atomic E-state index is 5.68. The summed E-state index contributed by atoms with van der Waals surface area (Å²) >= 11 is 0. The molecule has 5 nitrogen and oxygen atoms in total. The summed E-state index contributed by atoms with van der Waals surface area (Å²) in [7, 11) is 0. The molecule has 108 valence electrons. The second-order valence-corrected chi connectivity index (χ2v) is 5.36. The standard InChI is InChI=1S/C16H19N5/c1-11(2)14-9-15-16(18-6-7-21(15)20-14)19-13-5-3-4-12(8-13)10-17/h3-9,11H,10,17H2,1-2H3,(H,18,19). The van der Waals surface area contributed by atoms with Gasteiger partial charge in [-0.05, 0) is 29.7 Å². The third-order valence-corrected chi connectivity index (χ3v) is 3.43. The molecule has 0 saturated heterocycles. The summed E-state index contributed by atoms with van der Waals surface area (Å²) in [6.07, 6.45) is 3.61. The first-order valence-corrected chi connectivity index (χ1v) is 7.07. The number of hydrogen-bond donors (Lipinski definition) is 2. The van der Waals surface area contributed by atoms with Crippen LogP contribution in [0.5, 0.6) is 0 Å². The molecular formula is C16H19N5. The van der Waals surface area contributed by atoms with Gasteiger partial charge in [-0.2, -0.15) is 5.10 Å². The average molecular weight is 281 g/mol. The van der Waals surface area contributed by atoms with Crippen LogP contribution in [-0.2, 0) is 6.54 Å². The van der Waals surface area contributed by atoms with Crippen molar-refractivity contribution >= 4 is 17.0 Å². The van der Waals surface area contributed by atoms with Crippen LogP contribution in [0.25, 0.3) is 5.52 Å². The van der Waals surface area contributed by atoms with E-state index in [2.05, 4.69) is 35.3 Å². The fourth-order valence-corrected chi connectivity index (χ4v) is 2.23. The molecule has 5 heteroatoms. The summed E-state index contributed by atoms with van der Waals surface area (Å²) in [6, 6.07) is 10.1. The summed E-state index contributed by atoms with van der Waals surface area (Å²) in [4.78, 5) is 4.43. The summed E-state index contributed by atoms with van der Waals surface area (Å²) in [5.41, 5.74) is 9.77. The Balaban J connectivity index is 1.99. The number of rotatable bonds is 4. The SMILES string of the molecule is CC(C)c1cc2c(Nc3cccc(CN)c3)nccn2n1. The third-order valence-electron chi connectivity index (χ3n) is 3.43. The molecule has 21 heavy (non-hydrogen) atoms. The van der Waals surface area contributed by atoms with Crippen LogP contribution in [0.15, 0.2) is 42.7 Å². The molecule has 0 amide bonds. The van der Waals surface area contributed by atoms with Crippen LogP contribution >= 0.6 is 0 Å². The van der Waals surface area contributed by atoms with Gasteiger partial charge in [0.25, 0.3) is 0 Å². The highest BCUT2D eigenvalue weighted by atomic mass is 15.2. The van der Waals surface area contributed by atoms with Crippen molar-refractivity contribution in [3.05, 3.63) is 54.0 Å². The van der Waals surface area contributed by atoms with E-state index in [1.54, 1.807) is 6.20 Å². The molecule has 0 saturated carbocycles. The molecule has 0 spiro atoms. The maximum Gasteiger partial charge on any atom is 0.156 e. The Morgan fingerprint density at radius 1 is 1.29 bits per heavy atom. The minimum atomic E-state index is 0.387. The summed E-state index contributed by atoms with van der Waals surface area (Å²) in [5.74, 6) is 1.18. The van der Waals surface area contributed by atoms with Gasteiger partial charge in [-0.3, -0.25) is 0 Å². The predicted molar refractivity (Wildman–Crippen MR) is 84.7 cm³/mol. The number of anilines is 2. The van der Waals surface area contributed by atoms with Crippen LogP contribution in [0.4, 0.5) is 11.5 Å². The Bertz CT molecular complexity index is 760. The smallest absolute Gasteiger partial charge is 0.156 e. The molecular weight excluding hydrogens is 262 g/mol. The zero-order chi connectivity index (χ0) is 14.8. The van der Waals surface area contributed by atoms with Gasteiger partial charge in [-0.15, -0.1) is 0 Å². The summed E-state index contributed by atoms with van der Waals surface area (Å²) in [6.45, 7) is 4.79. The van der Waals surface area contributed by atoms with Crippen LogP contribution in [0.1, 0.15) is 31.0 Å². The number of aromatic nitrogens is 3. The molecule has 2 heterocycles. The quantitative estimate of drug-likeness (QED) is 0.771. The molecule has 0 atom stereocenters. The third kappa shape index (κ3) is 2.73. The Morgan fingerprint density at radius 2 is 2.14 bits per heavy atom. The number of fused-ring (bicyclic) bond motifs is 1. The fourth-order valence-electron chi connectivity index (χ4n) is 2.23. The molecule has 3 aromatic rings. The van der Waals surface area contributed by atoms with Gasteiger partial charge in [0.1, 0.15) is 5.52 Å². The van der Waals surface area contributed by atoms with E-state index in [0.29, 0.717) is 12.5 Å². The minimum Gasteiger partial charge on any atom is -0.338 e. The molecule has 3 rings (SSSR count). The lowest BCUT2D eigenvalue weighted by molar-refractivity contribution is 0.787. The second-order valence-electron chi connectivity index (χ2n) is 5.36. The topological polar surface area (TPSA) is 68.2 Å². The lowest BCUT2D eigenvalue weighted by Crippen LogP contribution is -2.00. The zero-order valence-corrected chi connectivity index (χ0v) is 12.2. The predicted octanol–water partition coefficient (Wildman–Crippen LogP) is 3.05. The van der Waals surface area contributed by atoms with E-state index in [0.717, 1.165) is 28.3 Å². The van der Waals surface area contributed by atoms with Crippen molar-refractivity contribution < 1.29 is 0 Å². The lowest BCUT2D eigenvalue weighted by atomic mass is 10.1. The fraction of sp³-hybridized carbons (Fsp3) is 0.250. The largest absolute Gasteiger partial charge is 0.338 e. The van der Waals surface area contributed by atoms with Gasteiger partial charge >= 0.3 is 0 Å². The first-order valence-electron chi connectivity index (χ1n) is 7.07. The molecule has 0 fully saturated rings. The molecule has 3 N–H and O–H groups in total. The van der Waals surface area contributed by atoms with Crippen molar-refractivity contribution in [2.75, 3.05) is 5.32 Å². The molecule has 0 aliphatic carbocycles. The highest BCUT2D eigenvalue weighted by molar-refractivity contribution is 5.73. The second kappa shape index (κ2) is 5.54. The van der Waals surface area contributed by atoms with E-state index in [9.17, 15) is 0 Å². The van der Waals surface area contributed by atoms with Crippen LogP contribution in [0.3, 0.4) is 0 Å². The summed E-state index contributed by atoms with van der Waals surface area (Å²) < 4.78 is 1.86. The van der Waals surface area contributed by atoms with Crippen LogP contribution in [0.2, 0.25) is 0 Å². The van der Waals surface area contributed by atoms with Gasteiger partial charge < -0.3 is 11.1 Å². The maximum absolute atomic E-state index is 5.68. The number of nitrogens with one attached hydrogen (secondary N) is 1. The van der Waals surface area contributed by atoms with E-state index in [-0.39, 0.29) is 0 Å². The molecule has 2 aromatic heterocycles. The van der Waals surface area contributed by atoms with Gasteiger partial charge in [-0.1, -0.05) is 26.0 Å². The zero-order valence-electron chi connectivity index (χ0n) is 12.2. The van der Waals surface area contributed by atoms with Crippen molar-refractivity contribution in [3.8, 4) is 0 Å². The number of nitrogens with zero attached hydrogens (tertiary/aromatic N) is 3. The van der Waals surface area contributed by atoms with Crippen molar-refractivity contribution in [1.29, 1.82) is 0 Å². The van der Waals surface area contributed by atoms with Gasteiger partial charge in [0.15, 0.2) is 5.82 Å². The van der Waals surface area contributed by atoms with Crippen LogP contribution in [0, 0.1) is 0 Å². The van der Waals surface area contributed by atoms with E-state index in [1.807, 2.05) is 35.0 Å². The van der Waals surface area contributed by atoms with Crippen LogP contribution < -0.4 is 11.1 Å².